The molecule has 1 unspecified atom stereocenters. The predicted octanol–water partition coefficient (Wildman–Crippen LogP) is 1.80. The van der Waals surface area contributed by atoms with Crippen LogP contribution in [-0.4, -0.2) is 54.7 Å². The van der Waals surface area contributed by atoms with Crippen molar-refractivity contribution < 1.29 is 14.3 Å². The van der Waals surface area contributed by atoms with Crippen LogP contribution in [-0.2, 0) is 14.3 Å². The largest absolute Gasteiger partial charge is 0.377 e. The molecule has 4 nitrogen and oxygen atoms in total. The molecule has 0 saturated carbocycles. The van der Waals surface area contributed by atoms with Crippen LogP contribution in [0, 0.1) is 0 Å². The van der Waals surface area contributed by atoms with E-state index in [9.17, 15) is 4.79 Å². The van der Waals surface area contributed by atoms with Crippen LogP contribution < -0.4 is 0 Å². The van der Waals surface area contributed by atoms with Crippen LogP contribution in [0.15, 0.2) is 0 Å². The van der Waals surface area contributed by atoms with Crippen molar-refractivity contribution in [1.82, 2.24) is 4.90 Å². The van der Waals surface area contributed by atoms with E-state index in [1.54, 1.807) is 0 Å². The molecule has 0 aromatic carbocycles. The monoisotopic (exact) mass is 275 g/mol. The number of hydrogen-bond acceptors (Lipinski definition) is 3. The van der Waals surface area contributed by atoms with Crippen molar-refractivity contribution in [1.29, 1.82) is 0 Å². The van der Waals surface area contributed by atoms with Crippen molar-refractivity contribution in [2.45, 2.75) is 44.3 Å². The molecule has 104 valence electrons. The smallest absolute Gasteiger partial charge is 0.254 e. The van der Waals surface area contributed by atoms with Crippen LogP contribution >= 0.6 is 11.6 Å². The minimum atomic E-state index is -0.580. The van der Waals surface area contributed by atoms with Crippen LogP contribution in [0.4, 0.5) is 0 Å². The second-order valence-corrected chi connectivity index (χ2v) is 5.61. The third-order valence-electron chi connectivity index (χ3n) is 3.83. The quantitative estimate of drug-likeness (QED) is 0.735. The highest BCUT2D eigenvalue weighted by Crippen LogP contribution is 2.28. The van der Waals surface area contributed by atoms with Crippen LogP contribution in [0.1, 0.15) is 32.6 Å². The topological polar surface area (TPSA) is 38.8 Å². The Balaban J connectivity index is 1.80. The summed E-state index contributed by atoms with van der Waals surface area (Å²) in [5.74, 6) is 0.682. The maximum absolute atomic E-state index is 12.4. The van der Waals surface area contributed by atoms with Gasteiger partial charge in [0, 0.05) is 25.6 Å². The van der Waals surface area contributed by atoms with Gasteiger partial charge in [0.2, 0.25) is 0 Å². The van der Waals surface area contributed by atoms with Gasteiger partial charge in [0.1, 0.15) is 5.60 Å². The maximum atomic E-state index is 12.4. The van der Waals surface area contributed by atoms with Gasteiger partial charge in [0.05, 0.1) is 12.7 Å². The average Bonchev–Trinajstić information content (AvgIpc) is 2.84. The van der Waals surface area contributed by atoms with Gasteiger partial charge in [-0.2, -0.15) is 0 Å². The van der Waals surface area contributed by atoms with E-state index in [0.29, 0.717) is 19.1 Å². The van der Waals surface area contributed by atoms with Crippen LogP contribution in [0.25, 0.3) is 0 Å². The lowest BCUT2D eigenvalue weighted by Crippen LogP contribution is -2.50. The Hall–Kier alpha value is -0.320. The zero-order chi connectivity index (χ0) is 13.0. The summed E-state index contributed by atoms with van der Waals surface area (Å²) < 4.78 is 11.2. The molecule has 1 atom stereocenters. The summed E-state index contributed by atoms with van der Waals surface area (Å²) in [6.07, 6.45) is 3.88. The molecule has 5 heteroatoms. The van der Waals surface area contributed by atoms with Crippen molar-refractivity contribution in [3.05, 3.63) is 0 Å². The molecule has 0 aliphatic carbocycles. The Labute approximate surface area is 114 Å². The van der Waals surface area contributed by atoms with Gasteiger partial charge in [-0.25, -0.2) is 0 Å². The SMILES string of the molecule is CC1(C(=O)N2CCC(OCCCl)CC2)CCCO1. The molecule has 2 saturated heterocycles. The summed E-state index contributed by atoms with van der Waals surface area (Å²) in [6, 6.07) is 0. The Kier molecular flexibility index (Phi) is 4.87. The van der Waals surface area contributed by atoms with Crippen LogP contribution in [0.3, 0.4) is 0 Å². The number of piperidine rings is 1. The molecule has 0 bridgehead atoms. The van der Waals surface area contributed by atoms with E-state index in [1.807, 2.05) is 11.8 Å². The lowest BCUT2D eigenvalue weighted by Gasteiger charge is -2.36. The molecular weight excluding hydrogens is 254 g/mol. The number of likely N-dealkylation sites (tertiary alicyclic amines) is 1. The Morgan fingerprint density at radius 1 is 1.50 bits per heavy atom. The van der Waals surface area contributed by atoms with E-state index in [0.717, 1.165) is 38.8 Å². The van der Waals surface area contributed by atoms with E-state index >= 15 is 0 Å². The number of ether oxygens (including phenoxy) is 2. The van der Waals surface area contributed by atoms with Gasteiger partial charge < -0.3 is 14.4 Å². The third-order valence-corrected chi connectivity index (χ3v) is 3.99. The first-order chi connectivity index (χ1) is 8.65. The molecule has 2 aliphatic heterocycles. The zero-order valence-electron chi connectivity index (χ0n) is 11.0. The third kappa shape index (κ3) is 3.16. The average molecular weight is 276 g/mol. The summed E-state index contributed by atoms with van der Waals surface area (Å²) >= 11 is 5.60. The fourth-order valence-corrected chi connectivity index (χ4v) is 2.81. The molecule has 0 aromatic heterocycles. The van der Waals surface area contributed by atoms with Crippen LogP contribution in [0.5, 0.6) is 0 Å². The normalized spacial score (nSPS) is 29.8. The van der Waals surface area contributed by atoms with Gasteiger partial charge >= 0.3 is 0 Å². The van der Waals surface area contributed by atoms with Crippen molar-refractivity contribution in [3.8, 4) is 0 Å². The van der Waals surface area contributed by atoms with Crippen molar-refractivity contribution >= 4 is 17.5 Å². The Morgan fingerprint density at radius 2 is 2.22 bits per heavy atom. The molecule has 0 N–H and O–H groups in total. The number of nitrogens with zero attached hydrogens (tertiary/aromatic N) is 1. The first-order valence-corrected chi connectivity index (χ1v) is 7.30. The summed E-state index contributed by atoms with van der Waals surface area (Å²) in [4.78, 5) is 14.3. The number of halogens is 1. The van der Waals surface area contributed by atoms with E-state index in [-0.39, 0.29) is 12.0 Å². The van der Waals surface area contributed by atoms with Crippen molar-refractivity contribution in [2.75, 3.05) is 32.2 Å². The minimum Gasteiger partial charge on any atom is -0.377 e. The van der Waals surface area contributed by atoms with Gasteiger partial charge in [-0.3, -0.25) is 4.79 Å². The molecule has 2 heterocycles. The summed E-state index contributed by atoms with van der Waals surface area (Å²) in [5.41, 5.74) is -0.580. The second-order valence-electron chi connectivity index (χ2n) is 5.23. The Bertz CT molecular complexity index is 284. The fourth-order valence-electron chi connectivity index (χ4n) is 2.72. The highest BCUT2D eigenvalue weighted by atomic mass is 35.5. The number of carbonyl (C=O) groups excluding carboxylic acids is 1. The number of amides is 1. The molecule has 2 rings (SSSR count). The van der Waals surface area contributed by atoms with E-state index in [4.69, 9.17) is 21.1 Å². The van der Waals surface area contributed by atoms with Gasteiger partial charge in [0.15, 0.2) is 0 Å². The lowest BCUT2D eigenvalue weighted by atomic mass is 9.98. The van der Waals surface area contributed by atoms with Gasteiger partial charge in [-0.15, -0.1) is 11.6 Å². The standard InChI is InChI=1S/C13H22ClNO3/c1-13(5-2-9-18-13)12(16)15-7-3-11(4-8-15)17-10-6-14/h11H,2-10H2,1H3. The van der Waals surface area contributed by atoms with Gasteiger partial charge in [-0.05, 0) is 32.6 Å². The van der Waals surface area contributed by atoms with E-state index < -0.39 is 5.60 Å². The number of rotatable bonds is 4. The summed E-state index contributed by atoms with van der Waals surface area (Å²) in [6.45, 7) is 4.76. The fraction of sp³-hybridized carbons (Fsp3) is 0.923. The zero-order valence-corrected chi connectivity index (χ0v) is 11.7. The minimum absolute atomic E-state index is 0.149. The van der Waals surface area contributed by atoms with Crippen molar-refractivity contribution in [3.63, 3.8) is 0 Å². The number of hydrogen-bond donors (Lipinski definition) is 0. The van der Waals surface area contributed by atoms with E-state index in [2.05, 4.69) is 0 Å². The van der Waals surface area contributed by atoms with Gasteiger partial charge in [0.25, 0.3) is 5.91 Å². The Morgan fingerprint density at radius 3 is 2.78 bits per heavy atom. The van der Waals surface area contributed by atoms with Gasteiger partial charge in [-0.1, -0.05) is 0 Å². The second kappa shape index (κ2) is 6.22. The molecule has 0 aromatic rings. The highest BCUT2D eigenvalue weighted by Gasteiger charge is 2.41. The summed E-state index contributed by atoms with van der Waals surface area (Å²) in [7, 11) is 0. The molecule has 0 radical (unpaired) electrons. The van der Waals surface area contributed by atoms with Crippen LogP contribution in [0.2, 0.25) is 0 Å². The molecule has 2 fully saturated rings. The molecule has 2 aliphatic rings. The molecular formula is C13H22ClNO3. The molecule has 18 heavy (non-hydrogen) atoms. The van der Waals surface area contributed by atoms with E-state index in [1.165, 1.54) is 0 Å². The lowest BCUT2D eigenvalue weighted by molar-refractivity contribution is -0.153. The van der Waals surface area contributed by atoms with Crippen molar-refractivity contribution in [2.24, 2.45) is 0 Å². The first-order valence-electron chi connectivity index (χ1n) is 6.76. The molecule has 1 amide bonds. The molecule has 0 spiro atoms. The first kappa shape index (κ1) is 14.1. The number of carbonyl (C=O) groups is 1. The summed E-state index contributed by atoms with van der Waals surface area (Å²) in [5, 5.41) is 0. The predicted molar refractivity (Wildman–Crippen MR) is 69.9 cm³/mol. The highest BCUT2D eigenvalue weighted by molar-refractivity contribution is 6.17. The maximum Gasteiger partial charge on any atom is 0.254 e. The number of alkyl halides is 1.